The van der Waals surface area contributed by atoms with Crippen LogP contribution in [-0.2, 0) is 23.6 Å². The Labute approximate surface area is 222 Å². The first-order valence-electron chi connectivity index (χ1n) is 11.6. The van der Waals surface area contributed by atoms with Gasteiger partial charge >= 0.3 is 0 Å². The second-order valence-corrected chi connectivity index (χ2v) is 10.4. The minimum atomic E-state index is -0.101. The fourth-order valence-electron chi connectivity index (χ4n) is 3.75. The summed E-state index contributed by atoms with van der Waals surface area (Å²) < 4.78 is 14.3. The van der Waals surface area contributed by atoms with Crippen LogP contribution in [0.5, 0.6) is 11.5 Å². The molecular formula is C27H25N5O3S2. The van der Waals surface area contributed by atoms with Crippen molar-refractivity contribution in [1.82, 2.24) is 20.0 Å². The maximum absolute atomic E-state index is 13.5. The average Bonchev–Trinajstić information content (AvgIpc) is 3.57. The first-order valence-corrected chi connectivity index (χ1v) is 13.4. The second kappa shape index (κ2) is 11.4. The van der Waals surface area contributed by atoms with Gasteiger partial charge < -0.3 is 14.4 Å². The molecule has 2 heterocycles. The predicted octanol–water partition coefficient (Wildman–Crippen LogP) is 5.43. The summed E-state index contributed by atoms with van der Waals surface area (Å²) >= 11 is 3.28. The molecule has 10 heteroatoms. The normalized spacial score (nSPS) is 11.0. The average molecular weight is 532 g/mol. The molecule has 0 aliphatic carbocycles. The third kappa shape index (κ3) is 6.10. The molecule has 0 N–H and O–H groups in total. The fourth-order valence-corrected chi connectivity index (χ4v) is 5.70. The first kappa shape index (κ1) is 24.8. The molecule has 188 valence electrons. The number of para-hydroxylation sites is 1. The highest BCUT2D eigenvalue weighted by molar-refractivity contribution is 8.00. The monoisotopic (exact) mass is 531 g/mol. The summed E-state index contributed by atoms with van der Waals surface area (Å²) in [4.78, 5) is 19.8. The molecule has 0 saturated heterocycles. The van der Waals surface area contributed by atoms with Gasteiger partial charge in [-0.05, 0) is 54.1 Å². The molecule has 5 aromatic rings. The van der Waals surface area contributed by atoms with Gasteiger partial charge in [-0.3, -0.25) is 4.79 Å². The number of nitrogens with zero attached hydrogens (tertiary/aromatic N) is 5. The van der Waals surface area contributed by atoms with Crippen LogP contribution in [-0.4, -0.2) is 40.1 Å². The van der Waals surface area contributed by atoms with Gasteiger partial charge in [0, 0.05) is 17.6 Å². The molecule has 1 amide bonds. The number of carbonyl (C=O) groups excluding carboxylic acids is 1. The minimum absolute atomic E-state index is 0.0704. The molecule has 0 saturated carbocycles. The van der Waals surface area contributed by atoms with Gasteiger partial charge in [0.05, 0.1) is 36.7 Å². The molecule has 0 fully saturated rings. The summed E-state index contributed by atoms with van der Waals surface area (Å²) in [5.74, 6) is 2.02. The highest BCUT2D eigenvalue weighted by Crippen LogP contribution is 2.31. The molecule has 2 aromatic heterocycles. The molecule has 0 bridgehead atoms. The van der Waals surface area contributed by atoms with E-state index in [0.717, 1.165) is 43.0 Å². The van der Waals surface area contributed by atoms with Gasteiger partial charge in [0.25, 0.3) is 0 Å². The molecule has 3 aromatic carbocycles. The Kier molecular flexibility index (Phi) is 7.67. The lowest BCUT2D eigenvalue weighted by Crippen LogP contribution is -2.33. The maximum atomic E-state index is 13.5. The van der Waals surface area contributed by atoms with E-state index in [1.165, 1.54) is 0 Å². The van der Waals surface area contributed by atoms with E-state index in [1.54, 1.807) is 46.9 Å². The number of anilines is 1. The Bertz CT molecular complexity index is 1450. The lowest BCUT2D eigenvalue weighted by Gasteiger charge is -2.23. The highest BCUT2D eigenvalue weighted by Gasteiger charge is 2.18. The van der Waals surface area contributed by atoms with Crippen LogP contribution >= 0.6 is 23.1 Å². The smallest absolute Gasteiger partial charge is 0.249 e. The minimum Gasteiger partial charge on any atom is -0.497 e. The number of hydrogen-bond acceptors (Lipinski definition) is 8. The van der Waals surface area contributed by atoms with Crippen LogP contribution in [0.2, 0.25) is 0 Å². The SMILES string of the molecule is COc1ccc(CN(C(=O)Cn2cc(CSc3nc4ccccc4s3)nn2)c2ccc(OC)cc2)cc1. The summed E-state index contributed by atoms with van der Waals surface area (Å²) in [7, 11) is 3.25. The van der Waals surface area contributed by atoms with Gasteiger partial charge in [-0.1, -0.05) is 41.2 Å². The summed E-state index contributed by atoms with van der Waals surface area (Å²) in [6, 6.07) is 23.2. The van der Waals surface area contributed by atoms with E-state index in [9.17, 15) is 4.79 Å². The highest BCUT2D eigenvalue weighted by atomic mass is 32.2. The van der Waals surface area contributed by atoms with Crippen LogP contribution in [0.1, 0.15) is 11.3 Å². The quantitative estimate of drug-likeness (QED) is 0.222. The maximum Gasteiger partial charge on any atom is 0.249 e. The molecule has 0 aliphatic heterocycles. The number of methoxy groups -OCH3 is 2. The van der Waals surface area contributed by atoms with Crippen LogP contribution in [0.15, 0.2) is 83.3 Å². The van der Waals surface area contributed by atoms with Crippen molar-refractivity contribution in [3.05, 3.63) is 90.3 Å². The Morgan fingerprint density at radius 3 is 2.38 bits per heavy atom. The van der Waals surface area contributed by atoms with E-state index in [2.05, 4.69) is 21.4 Å². The topological polar surface area (TPSA) is 82.4 Å². The van der Waals surface area contributed by atoms with Crippen molar-refractivity contribution in [2.45, 2.75) is 23.2 Å². The molecule has 8 nitrogen and oxygen atoms in total. The van der Waals surface area contributed by atoms with Crippen LogP contribution in [0.4, 0.5) is 5.69 Å². The van der Waals surface area contributed by atoms with E-state index < -0.39 is 0 Å². The fraction of sp³-hybridized carbons (Fsp3) is 0.185. The van der Waals surface area contributed by atoms with Gasteiger partial charge in [0.1, 0.15) is 18.0 Å². The number of rotatable bonds is 10. The summed E-state index contributed by atoms with van der Waals surface area (Å²) in [5.41, 5.74) is 3.55. The molecule has 0 atom stereocenters. The van der Waals surface area contributed by atoms with Crippen LogP contribution in [0, 0.1) is 0 Å². The Hall–Kier alpha value is -3.89. The van der Waals surface area contributed by atoms with E-state index in [4.69, 9.17) is 9.47 Å². The van der Waals surface area contributed by atoms with Crippen LogP contribution in [0.25, 0.3) is 10.2 Å². The number of benzene rings is 3. The zero-order valence-corrected chi connectivity index (χ0v) is 22.0. The van der Waals surface area contributed by atoms with Gasteiger partial charge in [-0.15, -0.1) is 16.4 Å². The molecule has 0 radical (unpaired) electrons. The lowest BCUT2D eigenvalue weighted by molar-refractivity contribution is -0.119. The molecule has 0 spiro atoms. The van der Waals surface area contributed by atoms with Crippen molar-refractivity contribution in [2.75, 3.05) is 19.1 Å². The van der Waals surface area contributed by atoms with E-state index >= 15 is 0 Å². The zero-order chi connectivity index (χ0) is 25.6. The van der Waals surface area contributed by atoms with Crippen molar-refractivity contribution in [3.63, 3.8) is 0 Å². The molecule has 0 unspecified atom stereocenters. The third-order valence-electron chi connectivity index (χ3n) is 5.69. The van der Waals surface area contributed by atoms with Crippen molar-refractivity contribution >= 4 is 44.9 Å². The Morgan fingerprint density at radius 2 is 1.68 bits per heavy atom. The Balaban J connectivity index is 1.28. The number of hydrogen-bond donors (Lipinski definition) is 0. The number of ether oxygens (including phenoxy) is 2. The van der Waals surface area contributed by atoms with Gasteiger partial charge in [0.15, 0.2) is 4.34 Å². The lowest BCUT2D eigenvalue weighted by atomic mass is 10.1. The van der Waals surface area contributed by atoms with E-state index in [-0.39, 0.29) is 12.5 Å². The largest absolute Gasteiger partial charge is 0.497 e. The van der Waals surface area contributed by atoms with E-state index in [0.29, 0.717) is 12.3 Å². The molecule has 5 rings (SSSR count). The van der Waals surface area contributed by atoms with Crippen molar-refractivity contribution in [3.8, 4) is 11.5 Å². The zero-order valence-electron chi connectivity index (χ0n) is 20.4. The third-order valence-corrected chi connectivity index (χ3v) is 7.90. The van der Waals surface area contributed by atoms with E-state index in [1.807, 2.05) is 72.9 Å². The molecular weight excluding hydrogens is 506 g/mol. The molecule has 37 heavy (non-hydrogen) atoms. The number of fused-ring (bicyclic) bond motifs is 1. The number of carbonyl (C=O) groups is 1. The number of thioether (sulfide) groups is 1. The van der Waals surface area contributed by atoms with Crippen LogP contribution in [0.3, 0.4) is 0 Å². The predicted molar refractivity (Wildman–Crippen MR) is 146 cm³/mol. The summed E-state index contributed by atoms with van der Waals surface area (Å²) in [5, 5.41) is 8.46. The van der Waals surface area contributed by atoms with Crippen molar-refractivity contribution in [2.24, 2.45) is 0 Å². The van der Waals surface area contributed by atoms with Gasteiger partial charge in [0.2, 0.25) is 5.91 Å². The Morgan fingerprint density at radius 1 is 0.973 bits per heavy atom. The standard InChI is InChI=1S/C27H25N5O3S2/c1-34-22-11-7-19(8-12-22)15-32(21-9-13-23(35-2)14-10-21)26(33)17-31-16-20(29-30-31)18-36-27-28-24-5-3-4-6-25(24)37-27/h3-14,16H,15,17-18H2,1-2H3. The first-order chi connectivity index (χ1) is 18.1. The van der Waals surface area contributed by atoms with Gasteiger partial charge in [-0.2, -0.15) is 0 Å². The summed E-state index contributed by atoms with van der Waals surface area (Å²) in [6.07, 6.45) is 1.82. The summed E-state index contributed by atoms with van der Waals surface area (Å²) in [6.45, 7) is 0.477. The number of amides is 1. The number of thiazole rings is 1. The second-order valence-electron chi connectivity index (χ2n) is 8.17. The van der Waals surface area contributed by atoms with Crippen molar-refractivity contribution in [1.29, 1.82) is 0 Å². The van der Waals surface area contributed by atoms with Crippen molar-refractivity contribution < 1.29 is 14.3 Å². The number of aromatic nitrogens is 4. The van der Waals surface area contributed by atoms with Crippen LogP contribution < -0.4 is 14.4 Å². The van der Waals surface area contributed by atoms with Gasteiger partial charge in [-0.25, -0.2) is 9.67 Å². The molecule has 0 aliphatic rings.